The van der Waals surface area contributed by atoms with Crippen molar-refractivity contribution in [2.75, 3.05) is 12.4 Å². The van der Waals surface area contributed by atoms with Crippen molar-refractivity contribution in [2.24, 2.45) is 0 Å². The molecule has 7 nitrogen and oxygen atoms in total. The maximum Gasteiger partial charge on any atom is 0.257 e. The summed E-state index contributed by atoms with van der Waals surface area (Å²) in [5.41, 5.74) is 1.96. The van der Waals surface area contributed by atoms with Gasteiger partial charge in [-0.3, -0.25) is 14.7 Å². The third-order valence-electron chi connectivity index (χ3n) is 7.15. The summed E-state index contributed by atoms with van der Waals surface area (Å²) in [7, 11) is -0.0918. The molecule has 1 unspecified atom stereocenters. The zero-order chi connectivity index (χ0) is 22.6. The number of carbonyl (C=O) groups is 2. The lowest BCUT2D eigenvalue weighted by atomic mass is 9.99. The van der Waals surface area contributed by atoms with Gasteiger partial charge < -0.3 is 15.0 Å². The number of hydrogen-bond acceptors (Lipinski definition) is 4. The summed E-state index contributed by atoms with van der Waals surface area (Å²) >= 11 is 0. The fourth-order valence-corrected chi connectivity index (χ4v) is 7.16. The summed E-state index contributed by atoms with van der Waals surface area (Å²) in [5.74, 6) is 0.505. The van der Waals surface area contributed by atoms with Gasteiger partial charge in [0.2, 0.25) is 5.91 Å². The van der Waals surface area contributed by atoms with Gasteiger partial charge in [0.1, 0.15) is 0 Å². The Labute approximate surface area is 184 Å². The maximum absolute atomic E-state index is 13.5. The third-order valence-corrected chi connectivity index (χ3v) is 10.7. The summed E-state index contributed by atoms with van der Waals surface area (Å²) in [6.07, 6.45) is 1.21. The Kier molecular flexibility index (Phi) is 5.13. The van der Waals surface area contributed by atoms with Crippen LogP contribution in [0.15, 0.2) is 30.3 Å². The molecule has 1 fully saturated rings. The molecule has 1 saturated carbocycles. The van der Waals surface area contributed by atoms with Gasteiger partial charge in [0.15, 0.2) is 11.9 Å². The van der Waals surface area contributed by atoms with Crippen LogP contribution < -0.4 is 5.32 Å². The number of H-pyrrole nitrogens is 1. The molecular formula is C23H32N4O3Si. The molecule has 2 amide bonds. The lowest BCUT2D eigenvalue weighted by Crippen LogP contribution is -2.43. The second-order valence-electron chi connectivity index (χ2n) is 10.2. The molecule has 2 aromatic rings. The third kappa shape index (κ3) is 3.42. The number of aromatic nitrogens is 2. The van der Waals surface area contributed by atoms with E-state index < -0.39 is 19.7 Å². The van der Waals surface area contributed by atoms with Gasteiger partial charge in [-0.15, -0.1) is 0 Å². The van der Waals surface area contributed by atoms with Gasteiger partial charge in [0, 0.05) is 17.7 Å². The van der Waals surface area contributed by atoms with Gasteiger partial charge in [-0.25, -0.2) is 0 Å². The highest BCUT2D eigenvalue weighted by Crippen LogP contribution is 2.61. The second kappa shape index (κ2) is 7.31. The van der Waals surface area contributed by atoms with Crippen LogP contribution in [0.25, 0.3) is 0 Å². The fourth-order valence-electron chi connectivity index (χ4n) is 4.79. The average molecular weight is 441 g/mol. The van der Waals surface area contributed by atoms with Crippen molar-refractivity contribution >= 4 is 25.7 Å². The second-order valence-corrected chi connectivity index (χ2v) is 15.7. The van der Waals surface area contributed by atoms with Gasteiger partial charge >= 0.3 is 0 Å². The number of nitrogens with one attached hydrogen (secondary N) is 2. The molecule has 0 bridgehead atoms. The smallest absolute Gasteiger partial charge is 0.257 e. The predicted octanol–water partition coefficient (Wildman–Crippen LogP) is 4.19. The molecule has 2 aliphatic rings. The lowest BCUT2D eigenvalue weighted by molar-refractivity contribution is -0.148. The minimum Gasteiger partial charge on any atom is -0.367 e. The molecule has 1 aromatic heterocycles. The van der Waals surface area contributed by atoms with Gasteiger partial charge in [-0.2, -0.15) is 5.10 Å². The molecular weight excluding hydrogens is 408 g/mol. The number of anilines is 1. The van der Waals surface area contributed by atoms with Gasteiger partial charge in [-0.05, 0) is 32.3 Å². The van der Waals surface area contributed by atoms with Crippen molar-refractivity contribution < 1.29 is 14.3 Å². The topological polar surface area (TPSA) is 87.3 Å². The van der Waals surface area contributed by atoms with Crippen molar-refractivity contribution in [3.63, 3.8) is 0 Å². The van der Waals surface area contributed by atoms with Crippen LogP contribution in [-0.4, -0.2) is 42.1 Å². The molecule has 0 radical (unpaired) electrons. The van der Waals surface area contributed by atoms with Gasteiger partial charge in [0.25, 0.3) is 5.91 Å². The Morgan fingerprint density at radius 2 is 1.84 bits per heavy atom. The molecule has 1 atom stereocenters. The highest BCUT2D eigenvalue weighted by Gasteiger charge is 2.59. The summed E-state index contributed by atoms with van der Waals surface area (Å²) < 4.78 is 5.58. The van der Waals surface area contributed by atoms with E-state index in [4.69, 9.17) is 4.74 Å². The van der Waals surface area contributed by atoms with Crippen LogP contribution in [0, 0.1) is 0 Å². The van der Waals surface area contributed by atoms with Crippen molar-refractivity contribution in [1.29, 1.82) is 0 Å². The van der Waals surface area contributed by atoms with E-state index in [2.05, 4.69) is 35.2 Å². The van der Waals surface area contributed by atoms with E-state index in [0.717, 1.165) is 29.7 Å². The number of hydrogen-bond donors (Lipinski definition) is 2. The molecule has 0 saturated heterocycles. The summed E-state index contributed by atoms with van der Waals surface area (Å²) in [6.45, 7) is 11.1. The highest BCUT2D eigenvalue weighted by atomic mass is 28.3. The Balaban J connectivity index is 1.58. The molecule has 8 heteroatoms. The van der Waals surface area contributed by atoms with E-state index in [9.17, 15) is 9.59 Å². The molecule has 1 aliphatic carbocycles. The van der Waals surface area contributed by atoms with Crippen molar-refractivity contribution in [3.05, 3.63) is 47.2 Å². The van der Waals surface area contributed by atoms with E-state index in [0.29, 0.717) is 12.4 Å². The first-order valence-corrected chi connectivity index (χ1v) is 14.3. The van der Waals surface area contributed by atoms with Gasteiger partial charge in [-0.1, -0.05) is 50.0 Å². The number of nitrogens with zero attached hydrogens (tertiary/aromatic N) is 2. The molecule has 166 valence electrons. The number of amides is 2. The van der Waals surface area contributed by atoms with Crippen LogP contribution >= 0.6 is 0 Å². The van der Waals surface area contributed by atoms with E-state index in [1.165, 1.54) is 0 Å². The van der Waals surface area contributed by atoms with Gasteiger partial charge in [0.05, 0.1) is 25.9 Å². The van der Waals surface area contributed by atoms with Crippen LogP contribution in [0.2, 0.25) is 24.7 Å². The molecule has 1 aromatic carbocycles. The van der Waals surface area contributed by atoms with Crippen LogP contribution in [0.5, 0.6) is 0 Å². The first kappa shape index (κ1) is 21.8. The standard InChI is InChI=1S/C23H32N4O3Si/c1-22(2)18-16(14-27(22)20(28)17(30-3)15-10-8-7-9-11-15)19(26-25-18)24-21(29)23(12-13-23)31(4,5)6/h7-11,17H,12-14H2,1-6H3,(H2,24,25,26,29). The van der Waals surface area contributed by atoms with Crippen molar-refractivity contribution in [1.82, 2.24) is 15.1 Å². The average Bonchev–Trinajstić information content (AvgIpc) is 3.38. The number of aromatic amines is 1. The highest BCUT2D eigenvalue weighted by molar-refractivity contribution is 6.83. The number of fused-ring (bicyclic) bond motifs is 1. The molecule has 2 N–H and O–H groups in total. The Morgan fingerprint density at radius 1 is 1.19 bits per heavy atom. The summed E-state index contributed by atoms with van der Waals surface area (Å²) in [6, 6.07) is 9.51. The SMILES string of the molecule is COC(C(=O)N1Cc2c(NC(=O)C3([Si](C)(C)C)CC3)n[nH]c2C1(C)C)c1ccccc1. The zero-order valence-corrected chi connectivity index (χ0v) is 20.2. The quantitative estimate of drug-likeness (QED) is 0.660. The van der Waals surface area contributed by atoms with E-state index in [1.54, 1.807) is 12.0 Å². The predicted molar refractivity (Wildman–Crippen MR) is 122 cm³/mol. The molecule has 31 heavy (non-hydrogen) atoms. The van der Waals surface area contributed by atoms with Crippen molar-refractivity contribution in [2.45, 2.75) is 69.6 Å². The first-order valence-electron chi connectivity index (χ1n) is 10.8. The lowest BCUT2D eigenvalue weighted by Gasteiger charge is -2.34. The molecule has 2 heterocycles. The van der Waals surface area contributed by atoms with E-state index in [-0.39, 0.29) is 16.9 Å². The Hall–Kier alpha value is -2.45. The van der Waals surface area contributed by atoms with E-state index >= 15 is 0 Å². The van der Waals surface area contributed by atoms with Crippen LogP contribution in [-0.2, 0) is 26.4 Å². The number of ether oxygens (including phenoxy) is 1. The molecule has 4 rings (SSSR count). The zero-order valence-electron chi connectivity index (χ0n) is 19.2. The van der Waals surface area contributed by atoms with Crippen molar-refractivity contribution in [3.8, 4) is 0 Å². The minimum absolute atomic E-state index is 0.0719. The van der Waals surface area contributed by atoms with Crippen LogP contribution in [0.1, 0.15) is 49.6 Å². The first-order chi connectivity index (χ1) is 14.5. The molecule has 0 spiro atoms. The summed E-state index contributed by atoms with van der Waals surface area (Å²) in [5, 5.41) is 10.4. The summed E-state index contributed by atoms with van der Waals surface area (Å²) in [4.78, 5) is 28.4. The fraction of sp³-hybridized carbons (Fsp3) is 0.522. The number of rotatable bonds is 6. The van der Waals surface area contributed by atoms with Crippen LogP contribution in [0.3, 0.4) is 0 Å². The monoisotopic (exact) mass is 440 g/mol. The molecule has 1 aliphatic heterocycles. The maximum atomic E-state index is 13.5. The Morgan fingerprint density at radius 3 is 2.39 bits per heavy atom. The van der Waals surface area contributed by atoms with E-state index in [1.807, 2.05) is 44.2 Å². The number of carbonyl (C=O) groups excluding carboxylic acids is 2. The largest absolute Gasteiger partial charge is 0.367 e. The minimum atomic E-state index is -1.64. The number of methoxy groups -OCH3 is 1. The van der Waals surface area contributed by atoms with Crippen LogP contribution in [0.4, 0.5) is 5.82 Å². The number of benzene rings is 1. The normalized spacial score (nSPS) is 19.6. The Bertz CT molecular complexity index is 1010.